The van der Waals surface area contributed by atoms with Crippen molar-refractivity contribution < 1.29 is 9.84 Å². The number of benzene rings is 1. The summed E-state index contributed by atoms with van der Waals surface area (Å²) in [5.74, 6) is 1.52. The summed E-state index contributed by atoms with van der Waals surface area (Å²) in [5, 5.41) is 9.36. The third-order valence-electron chi connectivity index (χ3n) is 3.67. The van der Waals surface area contributed by atoms with E-state index in [0.717, 1.165) is 36.3 Å². The molecule has 1 aliphatic heterocycles. The van der Waals surface area contributed by atoms with Crippen molar-refractivity contribution >= 4 is 27.6 Å². The topological polar surface area (TPSA) is 61.7 Å². The number of aromatic nitrogens is 2. The van der Waals surface area contributed by atoms with Crippen LogP contribution in [0.1, 0.15) is 0 Å². The van der Waals surface area contributed by atoms with E-state index in [2.05, 4.69) is 35.7 Å². The number of anilines is 2. The first-order chi connectivity index (χ1) is 10.7. The molecule has 1 aromatic heterocycles. The Hall–Kier alpha value is -2.02. The zero-order chi connectivity index (χ0) is 15.5. The van der Waals surface area contributed by atoms with Crippen LogP contribution in [0.15, 0.2) is 34.9 Å². The third-order valence-corrected chi connectivity index (χ3v) is 4.21. The first-order valence-electron chi connectivity index (χ1n) is 7.03. The second-order valence-electron chi connectivity index (χ2n) is 5.02. The summed E-state index contributed by atoms with van der Waals surface area (Å²) in [6, 6.07) is 7.29. The number of hydrogen-bond donors (Lipinski definition) is 1. The van der Waals surface area contributed by atoms with Crippen LogP contribution in [0.5, 0.6) is 11.6 Å². The van der Waals surface area contributed by atoms with Crippen molar-refractivity contribution in [2.24, 2.45) is 0 Å². The van der Waals surface area contributed by atoms with E-state index in [1.54, 1.807) is 25.4 Å². The molecule has 2 aromatic rings. The van der Waals surface area contributed by atoms with Gasteiger partial charge >= 0.3 is 0 Å². The van der Waals surface area contributed by atoms with Crippen molar-refractivity contribution in [3.05, 3.63) is 34.9 Å². The lowest BCUT2D eigenvalue weighted by atomic mass is 10.2. The SMILES string of the molecule is COc1nc(N2CCN(c3ccc(O)cc3)CC2)ncc1Br. The second-order valence-corrected chi connectivity index (χ2v) is 5.87. The zero-order valence-electron chi connectivity index (χ0n) is 12.2. The van der Waals surface area contributed by atoms with Gasteiger partial charge in [0.05, 0.1) is 17.8 Å². The maximum Gasteiger partial charge on any atom is 0.232 e. The van der Waals surface area contributed by atoms with Gasteiger partial charge in [-0.3, -0.25) is 0 Å². The van der Waals surface area contributed by atoms with Crippen LogP contribution in [0.3, 0.4) is 0 Å². The summed E-state index contributed by atoms with van der Waals surface area (Å²) in [4.78, 5) is 13.2. The Morgan fingerprint density at radius 3 is 2.36 bits per heavy atom. The molecule has 116 valence electrons. The fourth-order valence-electron chi connectivity index (χ4n) is 2.47. The molecule has 1 aromatic carbocycles. The Morgan fingerprint density at radius 2 is 1.73 bits per heavy atom. The van der Waals surface area contributed by atoms with Gasteiger partial charge in [-0.25, -0.2) is 4.98 Å². The largest absolute Gasteiger partial charge is 0.508 e. The van der Waals surface area contributed by atoms with Gasteiger partial charge in [-0.2, -0.15) is 4.98 Å². The summed E-state index contributed by atoms with van der Waals surface area (Å²) in [7, 11) is 1.60. The molecule has 7 heteroatoms. The highest BCUT2D eigenvalue weighted by Crippen LogP contribution is 2.25. The van der Waals surface area contributed by atoms with E-state index in [0.29, 0.717) is 11.8 Å². The number of methoxy groups -OCH3 is 1. The number of phenolic OH excluding ortho intramolecular Hbond substituents is 1. The van der Waals surface area contributed by atoms with E-state index in [9.17, 15) is 5.11 Å². The summed E-state index contributed by atoms with van der Waals surface area (Å²) >= 11 is 3.36. The molecule has 0 saturated carbocycles. The number of rotatable bonds is 3. The highest BCUT2D eigenvalue weighted by molar-refractivity contribution is 9.10. The molecule has 1 saturated heterocycles. The summed E-state index contributed by atoms with van der Waals surface area (Å²) < 4.78 is 5.97. The monoisotopic (exact) mass is 364 g/mol. The number of halogens is 1. The standard InChI is InChI=1S/C15H17BrN4O2/c1-22-14-13(16)10-17-15(18-14)20-8-6-19(7-9-20)11-2-4-12(21)5-3-11/h2-5,10,21H,6-9H2,1H3. The quantitative estimate of drug-likeness (QED) is 0.901. The van der Waals surface area contributed by atoms with Crippen LogP contribution in [0, 0.1) is 0 Å². The lowest BCUT2D eigenvalue weighted by Crippen LogP contribution is -2.47. The molecule has 1 aliphatic rings. The highest BCUT2D eigenvalue weighted by Gasteiger charge is 2.20. The van der Waals surface area contributed by atoms with E-state index in [1.807, 2.05) is 12.1 Å². The van der Waals surface area contributed by atoms with Gasteiger partial charge in [0.2, 0.25) is 11.8 Å². The molecule has 1 fully saturated rings. The molecule has 0 radical (unpaired) electrons. The maximum absolute atomic E-state index is 9.36. The molecular weight excluding hydrogens is 348 g/mol. The van der Waals surface area contributed by atoms with Crippen molar-refractivity contribution in [2.75, 3.05) is 43.1 Å². The van der Waals surface area contributed by atoms with Crippen LogP contribution >= 0.6 is 15.9 Å². The van der Waals surface area contributed by atoms with Gasteiger partial charge in [-0.15, -0.1) is 0 Å². The minimum atomic E-state index is 0.290. The van der Waals surface area contributed by atoms with Gasteiger partial charge < -0.3 is 19.6 Å². The van der Waals surface area contributed by atoms with Crippen molar-refractivity contribution in [1.29, 1.82) is 0 Å². The van der Waals surface area contributed by atoms with Gasteiger partial charge in [0.1, 0.15) is 5.75 Å². The van der Waals surface area contributed by atoms with Crippen LogP contribution in [-0.2, 0) is 0 Å². The molecule has 1 N–H and O–H groups in total. The molecule has 0 bridgehead atoms. The molecule has 6 nitrogen and oxygen atoms in total. The first-order valence-corrected chi connectivity index (χ1v) is 7.82. The molecule has 3 rings (SSSR count). The Kier molecular flexibility index (Phi) is 4.33. The predicted molar refractivity (Wildman–Crippen MR) is 88.8 cm³/mol. The zero-order valence-corrected chi connectivity index (χ0v) is 13.8. The number of phenols is 1. The van der Waals surface area contributed by atoms with Gasteiger partial charge in [0, 0.05) is 31.9 Å². The molecule has 2 heterocycles. The number of nitrogens with zero attached hydrogens (tertiary/aromatic N) is 4. The van der Waals surface area contributed by atoms with Crippen molar-refractivity contribution in [3.8, 4) is 11.6 Å². The van der Waals surface area contributed by atoms with E-state index in [1.165, 1.54) is 0 Å². The van der Waals surface area contributed by atoms with E-state index < -0.39 is 0 Å². The molecule has 0 spiro atoms. The minimum Gasteiger partial charge on any atom is -0.508 e. The maximum atomic E-state index is 9.36. The Morgan fingerprint density at radius 1 is 1.09 bits per heavy atom. The summed E-state index contributed by atoms with van der Waals surface area (Å²) in [5.41, 5.74) is 1.12. The van der Waals surface area contributed by atoms with Gasteiger partial charge in [0.25, 0.3) is 0 Å². The molecule has 0 amide bonds. The van der Waals surface area contributed by atoms with E-state index in [4.69, 9.17) is 4.74 Å². The normalized spacial score (nSPS) is 15.0. The number of aromatic hydroxyl groups is 1. The fourth-order valence-corrected chi connectivity index (χ4v) is 2.82. The summed E-state index contributed by atoms with van der Waals surface area (Å²) in [6.07, 6.45) is 1.72. The number of hydrogen-bond acceptors (Lipinski definition) is 6. The Balaban J connectivity index is 1.67. The van der Waals surface area contributed by atoms with Crippen LogP contribution in [0.2, 0.25) is 0 Å². The van der Waals surface area contributed by atoms with Crippen LogP contribution in [0.25, 0.3) is 0 Å². The van der Waals surface area contributed by atoms with Crippen molar-refractivity contribution in [3.63, 3.8) is 0 Å². The Labute approximate surface area is 137 Å². The number of ether oxygens (including phenoxy) is 1. The van der Waals surface area contributed by atoms with Crippen molar-refractivity contribution in [2.45, 2.75) is 0 Å². The second kappa shape index (κ2) is 6.39. The average Bonchev–Trinajstić information content (AvgIpc) is 2.56. The smallest absolute Gasteiger partial charge is 0.232 e. The average molecular weight is 365 g/mol. The van der Waals surface area contributed by atoms with Gasteiger partial charge in [-0.1, -0.05) is 0 Å². The lowest BCUT2D eigenvalue weighted by Gasteiger charge is -2.36. The molecule has 0 aliphatic carbocycles. The number of piperazine rings is 1. The van der Waals surface area contributed by atoms with Crippen molar-refractivity contribution in [1.82, 2.24) is 9.97 Å². The van der Waals surface area contributed by atoms with Crippen LogP contribution < -0.4 is 14.5 Å². The highest BCUT2D eigenvalue weighted by atomic mass is 79.9. The molecule has 0 unspecified atom stereocenters. The predicted octanol–water partition coefficient (Wildman–Crippen LogP) is 2.28. The minimum absolute atomic E-state index is 0.290. The third kappa shape index (κ3) is 3.09. The van der Waals surface area contributed by atoms with Crippen LogP contribution in [0.4, 0.5) is 11.6 Å². The molecule has 0 atom stereocenters. The van der Waals surface area contributed by atoms with E-state index >= 15 is 0 Å². The van der Waals surface area contributed by atoms with Gasteiger partial charge in [-0.05, 0) is 40.2 Å². The molecule has 22 heavy (non-hydrogen) atoms. The Bertz CT molecular complexity index is 642. The fraction of sp³-hybridized carbons (Fsp3) is 0.333. The molecular formula is C15H17BrN4O2. The van der Waals surface area contributed by atoms with Gasteiger partial charge in [0.15, 0.2) is 0 Å². The lowest BCUT2D eigenvalue weighted by molar-refractivity contribution is 0.393. The van der Waals surface area contributed by atoms with E-state index in [-0.39, 0.29) is 5.75 Å². The first kappa shape index (κ1) is 14.9. The summed E-state index contributed by atoms with van der Waals surface area (Å²) in [6.45, 7) is 3.44. The van der Waals surface area contributed by atoms with Crippen LogP contribution in [-0.4, -0.2) is 48.4 Å².